The Morgan fingerprint density at radius 2 is 1.89 bits per heavy atom. The average Bonchev–Trinajstić information content (AvgIpc) is 2.69. The lowest BCUT2D eigenvalue weighted by atomic mass is 9.89. The van der Waals surface area contributed by atoms with Gasteiger partial charge in [-0.1, -0.05) is 6.92 Å². The van der Waals surface area contributed by atoms with Gasteiger partial charge in [0.15, 0.2) is 0 Å². The monoisotopic (exact) mass is 286 g/mol. The summed E-state index contributed by atoms with van der Waals surface area (Å²) in [4.78, 5) is 14.5. The number of hydrogen-bond donors (Lipinski definition) is 1. The third-order valence-corrected chi connectivity index (χ3v) is 5.04. The summed E-state index contributed by atoms with van der Waals surface area (Å²) in [7, 11) is 0. The second kappa shape index (κ2) is 6.45. The van der Waals surface area contributed by atoms with Crippen LogP contribution in [0.15, 0.2) is 0 Å². The van der Waals surface area contributed by atoms with Crippen LogP contribution in [-0.4, -0.2) is 36.0 Å². The van der Waals surface area contributed by atoms with Crippen LogP contribution in [0.3, 0.4) is 0 Å². The summed E-state index contributed by atoms with van der Waals surface area (Å²) < 4.78 is 0. The molecule has 0 aromatic heterocycles. The van der Waals surface area contributed by atoms with Gasteiger partial charge in [0.05, 0.1) is 0 Å². The van der Waals surface area contributed by atoms with Crippen LogP contribution in [0.1, 0.15) is 51.9 Å². The normalized spacial score (nSPS) is 37.8. The van der Waals surface area contributed by atoms with Gasteiger partial charge in [0.1, 0.15) is 0 Å². The Balaban J connectivity index is 0.00000133. The van der Waals surface area contributed by atoms with Gasteiger partial charge in [-0.3, -0.25) is 4.79 Å². The molecular formula is C15H27ClN2O. The number of fused-ring (bicyclic) bond motifs is 2. The Labute approximate surface area is 122 Å². The van der Waals surface area contributed by atoms with E-state index >= 15 is 0 Å². The third kappa shape index (κ3) is 3.63. The van der Waals surface area contributed by atoms with E-state index in [0.29, 0.717) is 29.8 Å². The van der Waals surface area contributed by atoms with E-state index in [0.717, 1.165) is 19.5 Å². The van der Waals surface area contributed by atoms with Crippen molar-refractivity contribution in [1.82, 2.24) is 10.2 Å². The second-order valence-corrected chi connectivity index (χ2v) is 6.77. The fourth-order valence-electron chi connectivity index (χ4n) is 4.13. The van der Waals surface area contributed by atoms with Crippen molar-refractivity contribution in [2.75, 3.05) is 13.1 Å². The molecule has 0 aromatic carbocycles. The van der Waals surface area contributed by atoms with Crippen LogP contribution in [0.4, 0.5) is 0 Å². The van der Waals surface area contributed by atoms with Gasteiger partial charge in [-0.15, -0.1) is 12.4 Å². The molecule has 3 rings (SSSR count). The molecule has 1 amide bonds. The van der Waals surface area contributed by atoms with E-state index in [9.17, 15) is 4.79 Å². The summed E-state index contributed by atoms with van der Waals surface area (Å²) in [5.41, 5.74) is 0. The molecule has 3 fully saturated rings. The molecule has 0 saturated carbocycles. The van der Waals surface area contributed by atoms with E-state index in [4.69, 9.17) is 0 Å². The van der Waals surface area contributed by atoms with Crippen molar-refractivity contribution in [1.29, 1.82) is 0 Å². The zero-order chi connectivity index (χ0) is 12.5. The van der Waals surface area contributed by atoms with Crippen molar-refractivity contribution < 1.29 is 4.79 Å². The van der Waals surface area contributed by atoms with Crippen molar-refractivity contribution in [2.45, 2.75) is 64.0 Å². The van der Waals surface area contributed by atoms with Crippen LogP contribution in [0.5, 0.6) is 0 Å². The van der Waals surface area contributed by atoms with Crippen LogP contribution in [0.25, 0.3) is 0 Å². The molecule has 19 heavy (non-hydrogen) atoms. The van der Waals surface area contributed by atoms with Crippen molar-refractivity contribution in [3.05, 3.63) is 0 Å². The summed E-state index contributed by atoms with van der Waals surface area (Å²) in [5.74, 6) is 1.77. The lowest BCUT2D eigenvalue weighted by molar-refractivity contribution is -0.134. The average molecular weight is 287 g/mol. The Bertz CT molecular complexity index is 311. The van der Waals surface area contributed by atoms with E-state index in [1.807, 2.05) is 0 Å². The Hall–Kier alpha value is -0.280. The van der Waals surface area contributed by atoms with Gasteiger partial charge in [0.25, 0.3) is 0 Å². The smallest absolute Gasteiger partial charge is 0.222 e. The topological polar surface area (TPSA) is 32.3 Å². The maximum Gasteiger partial charge on any atom is 0.222 e. The quantitative estimate of drug-likeness (QED) is 0.846. The zero-order valence-corrected chi connectivity index (χ0v) is 12.8. The molecule has 3 atom stereocenters. The molecule has 110 valence electrons. The van der Waals surface area contributed by atoms with Crippen LogP contribution in [-0.2, 0) is 4.79 Å². The van der Waals surface area contributed by atoms with Crippen LogP contribution in [0.2, 0.25) is 0 Å². The maximum atomic E-state index is 12.4. The molecular weight excluding hydrogens is 260 g/mol. The molecule has 4 heteroatoms. The van der Waals surface area contributed by atoms with Crippen LogP contribution < -0.4 is 5.32 Å². The first-order valence-corrected chi connectivity index (χ1v) is 7.74. The number of nitrogens with zero attached hydrogens (tertiary/aromatic N) is 1. The molecule has 3 saturated heterocycles. The number of rotatable bonds is 2. The summed E-state index contributed by atoms with van der Waals surface area (Å²) in [6.45, 7) is 4.27. The summed E-state index contributed by atoms with van der Waals surface area (Å²) in [5, 5.41) is 3.66. The highest BCUT2D eigenvalue weighted by Gasteiger charge is 2.35. The first-order chi connectivity index (χ1) is 8.70. The van der Waals surface area contributed by atoms with Gasteiger partial charge in [0, 0.05) is 31.6 Å². The molecule has 0 aliphatic carbocycles. The number of carbonyl (C=O) groups excluding carboxylic acids is 1. The predicted molar refractivity (Wildman–Crippen MR) is 79.5 cm³/mol. The number of halogens is 1. The van der Waals surface area contributed by atoms with E-state index < -0.39 is 0 Å². The molecule has 3 unspecified atom stereocenters. The number of nitrogens with one attached hydrogen (secondary N) is 1. The molecule has 0 spiro atoms. The number of likely N-dealkylation sites (tertiary alicyclic amines) is 1. The van der Waals surface area contributed by atoms with Crippen LogP contribution in [0, 0.1) is 11.8 Å². The van der Waals surface area contributed by atoms with Crippen molar-refractivity contribution in [2.24, 2.45) is 11.8 Å². The largest absolute Gasteiger partial charge is 0.342 e. The highest BCUT2D eigenvalue weighted by atomic mass is 35.5. The molecule has 0 radical (unpaired) electrons. The van der Waals surface area contributed by atoms with E-state index in [2.05, 4.69) is 17.1 Å². The summed E-state index contributed by atoms with van der Waals surface area (Å²) in [6, 6.07) is 1.42. The predicted octanol–water partition coefficient (Wildman–Crippen LogP) is 2.59. The molecule has 3 nitrogen and oxygen atoms in total. The Morgan fingerprint density at radius 3 is 2.53 bits per heavy atom. The highest BCUT2D eigenvalue weighted by molar-refractivity contribution is 5.85. The third-order valence-electron chi connectivity index (χ3n) is 5.04. The maximum absolute atomic E-state index is 12.4. The van der Waals surface area contributed by atoms with E-state index in [1.54, 1.807) is 0 Å². The minimum absolute atomic E-state index is 0. The molecule has 3 aliphatic heterocycles. The Kier molecular flexibility index (Phi) is 5.13. The van der Waals surface area contributed by atoms with Gasteiger partial charge >= 0.3 is 0 Å². The number of hydrogen-bond acceptors (Lipinski definition) is 2. The van der Waals surface area contributed by atoms with Crippen molar-refractivity contribution >= 4 is 18.3 Å². The van der Waals surface area contributed by atoms with E-state index in [1.165, 1.54) is 38.5 Å². The number of carbonyl (C=O) groups is 1. The van der Waals surface area contributed by atoms with E-state index in [-0.39, 0.29) is 12.4 Å². The standard InChI is InChI=1S/C15H26N2O.ClH/c1-11-3-2-6-17(10-11)15(18)9-12-7-13-4-5-14(8-12)16-13;/h11-14,16H,2-10H2,1H3;1H. The van der Waals surface area contributed by atoms with Gasteiger partial charge in [-0.25, -0.2) is 0 Å². The van der Waals surface area contributed by atoms with Crippen molar-refractivity contribution in [3.8, 4) is 0 Å². The lowest BCUT2D eigenvalue weighted by Gasteiger charge is -2.34. The van der Waals surface area contributed by atoms with Crippen molar-refractivity contribution in [3.63, 3.8) is 0 Å². The van der Waals surface area contributed by atoms with Gasteiger partial charge < -0.3 is 10.2 Å². The minimum atomic E-state index is 0. The molecule has 2 bridgehead atoms. The number of amides is 1. The number of piperidine rings is 2. The minimum Gasteiger partial charge on any atom is -0.342 e. The zero-order valence-electron chi connectivity index (χ0n) is 11.9. The second-order valence-electron chi connectivity index (χ2n) is 6.77. The van der Waals surface area contributed by atoms with Gasteiger partial charge in [-0.05, 0) is 50.4 Å². The first kappa shape index (κ1) is 15.1. The SMILES string of the molecule is CC1CCCN(C(=O)CC2CC3CCC(C2)N3)C1.Cl. The van der Waals surface area contributed by atoms with Gasteiger partial charge in [0.2, 0.25) is 5.91 Å². The van der Waals surface area contributed by atoms with Gasteiger partial charge in [-0.2, -0.15) is 0 Å². The molecule has 1 N–H and O–H groups in total. The summed E-state index contributed by atoms with van der Waals surface area (Å²) in [6.07, 6.45) is 8.41. The highest BCUT2D eigenvalue weighted by Crippen LogP contribution is 2.33. The van der Waals surface area contributed by atoms with Crippen LogP contribution >= 0.6 is 12.4 Å². The fraction of sp³-hybridized carbons (Fsp3) is 0.933. The molecule has 0 aromatic rings. The molecule has 3 heterocycles. The fourth-order valence-corrected chi connectivity index (χ4v) is 4.13. The first-order valence-electron chi connectivity index (χ1n) is 7.74. The molecule has 3 aliphatic rings. The lowest BCUT2D eigenvalue weighted by Crippen LogP contribution is -2.43. The Morgan fingerprint density at radius 1 is 1.21 bits per heavy atom. The summed E-state index contributed by atoms with van der Waals surface area (Å²) >= 11 is 0.